The van der Waals surface area contributed by atoms with Gasteiger partial charge in [-0.15, -0.1) is 0 Å². The van der Waals surface area contributed by atoms with Crippen molar-refractivity contribution in [1.82, 2.24) is 25.4 Å². The molecule has 0 fully saturated rings. The van der Waals surface area contributed by atoms with E-state index in [1.54, 1.807) is 24.1 Å². The molecule has 2 N–H and O–H groups in total. The maximum Gasteiger partial charge on any atom is 0.191 e. The number of aryl methyl sites for hydroxylation is 1. The molecule has 1 aliphatic rings. The van der Waals surface area contributed by atoms with Gasteiger partial charge in [-0.1, -0.05) is 24.3 Å². The molecule has 2 aromatic heterocycles. The van der Waals surface area contributed by atoms with Crippen LogP contribution in [0, 0.1) is 0 Å². The van der Waals surface area contributed by atoms with Gasteiger partial charge in [0.1, 0.15) is 0 Å². The molecule has 0 amide bonds. The van der Waals surface area contributed by atoms with Crippen LogP contribution in [-0.4, -0.2) is 34.3 Å². The summed E-state index contributed by atoms with van der Waals surface area (Å²) in [4.78, 5) is 8.72. The number of nitrogens with one attached hydrogen (secondary N) is 2. The lowest BCUT2D eigenvalue weighted by Crippen LogP contribution is -2.38. The first-order chi connectivity index (χ1) is 13.3. The molecule has 6 heteroatoms. The van der Waals surface area contributed by atoms with Crippen LogP contribution in [0.2, 0.25) is 0 Å². The number of pyridine rings is 1. The maximum atomic E-state index is 4.37. The quantitative estimate of drug-likeness (QED) is 0.542. The third-order valence-electron chi connectivity index (χ3n) is 5.01. The normalized spacial score (nSPS) is 16.2. The number of hydrogen-bond acceptors (Lipinski definition) is 3. The molecule has 1 atom stereocenters. The number of fused-ring (bicyclic) bond motifs is 1. The summed E-state index contributed by atoms with van der Waals surface area (Å²) >= 11 is 0. The van der Waals surface area contributed by atoms with Crippen LogP contribution in [0.15, 0.2) is 66.0 Å². The lowest BCUT2D eigenvalue weighted by molar-refractivity contribution is 0.641. The number of hydrogen-bond donors (Lipinski definition) is 2. The van der Waals surface area contributed by atoms with Crippen molar-refractivity contribution in [3.63, 3.8) is 0 Å². The summed E-state index contributed by atoms with van der Waals surface area (Å²) in [6.07, 6.45) is 7.81. The zero-order valence-electron chi connectivity index (χ0n) is 15.5. The fourth-order valence-electron chi connectivity index (χ4n) is 3.58. The van der Waals surface area contributed by atoms with E-state index in [4.69, 9.17) is 0 Å². The van der Waals surface area contributed by atoms with E-state index in [0.29, 0.717) is 12.5 Å². The Balaban J connectivity index is 1.33. The number of aliphatic imine (C=N–C) groups is 1. The van der Waals surface area contributed by atoms with E-state index in [-0.39, 0.29) is 0 Å². The van der Waals surface area contributed by atoms with Crippen LogP contribution < -0.4 is 10.6 Å². The summed E-state index contributed by atoms with van der Waals surface area (Å²) in [7, 11) is 1.81. The zero-order chi connectivity index (χ0) is 18.5. The summed E-state index contributed by atoms with van der Waals surface area (Å²) < 4.78 is 1.76. The van der Waals surface area contributed by atoms with E-state index in [9.17, 15) is 0 Å². The predicted molar refractivity (Wildman–Crippen MR) is 107 cm³/mol. The van der Waals surface area contributed by atoms with Crippen molar-refractivity contribution in [2.75, 3.05) is 13.6 Å². The number of nitrogens with zero attached hydrogens (tertiary/aromatic N) is 4. The molecule has 0 saturated carbocycles. The van der Waals surface area contributed by atoms with Crippen molar-refractivity contribution in [2.24, 2.45) is 4.99 Å². The minimum atomic E-state index is 0.548. The highest BCUT2D eigenvalue weighted by atomic mass is 15.3. The Bertz CT molecular complexity index is 916. The smallest absolute Gasteiger partial charge is 0.191 e. The Morgan fingerprint density at radius 1 is 1.19 bits per heavy atom. The van der Waals surface area contributed by atoms with Gasteiger partial charge in [0.2, 0.25) is 0 Å². The summed E-state index contributed by atoms with van der Waals surface area (Å²) in [5.41, 5.74) is 4.08. The Morgan fingerprint density at radius 3 is 2.96 bits per heavy atom. The Hall–Kier alpha value is -3.15. The van der Waals surface area contributed by atoms with Crippen LogP contribution in [-0.2, 0) is 13.0 Å². The molecule has 4 rings (SSSR count). The van der Waals surface area contributed by atoms with Gasteiger partial charge in [-0.2, -0.15) is 5.10 Å². The zero-order valence-corrected chi connectivity index (χ0v) is 15.5. The van der Waals surface area contributed by atoms with Crippen LogP contribution in [0.4, 0.5) is 0 Å². The van der Waals surface area contributed by atoms with Gasteiger partial charge in [0, 0.05) is 44.6 Å². The highest BCUT2D eigenvalue weighted by Crippen LogP contribution is 2.32. The summed E-state index contributed by atoms with van der Waals surface area (Å²) in [6.45, 7) is 1.57. The SMILES string of the molecule is CN=C(NCc1ccnc(-n2cccn2)c1)NCC1CCc2ccccc21. The third kappa shape index (κ3) is 4.00. The maximum absolute atomic E-state index is 4.37. The Morgan fingerprint density at radius 2 is 2.11 bits per heavy atom. The lowest BCUT2D eigenvalue weighted by Gasteiger charge is -2.16. The number of aromatic nitrogens is 3. The number of rotatable bonds is 5. The predicted octanol–water partition coefficient (Wildman–Crippen LogP) is 2.66. The van der Waals surface area contributed by atoms with Gasteiger partial charge in [0.05, 0.1) is 0 Å². The second-order valence-electron chi connectivity index (χ2n) is 6.71. The van der Waals surface area contributed by atoms with Crippen LogP contribution >= 0.6 is 0 Å². The molecule has 27 heavy (non-hydrogen) atoms. The van der Waals surface area contributed by atoms with Crippen LogP contribution in [0.5, 0.6) is 0 Å². The van der Waals surface area contributed by atoms with Gasteiger partial charge >= 0.3 is 0 Å². The van der Waals surface area contributed by atoms with Crippen molar-refractivity contribution < 1.29 is 0 Å². The van der Waals surface area contributed by atoms with Gasteiger partial charge in [-0.3, -0.25) is 4.99 Å². The molecular weight excluding hydrogens is 336 g/mol. The second kappa shape index (κ2) is 8.03. The molecular formula is C21H24N6. The molecule has 2 heterocycles. The molecule has 1 unspecified atom stereocenters. The average molecular weight is 360 g/mol. The third-order valence-corrected chi connectivity index (χ3v) is 5.01. The molecule has 0 aliphatic heterocycles. The summed E-state index contributed by atoms with van der Waals surface area (Å²) in [5.74, 6) is 2.17. The average Bonchev–Trinajstić information content (AvgIpc) is 3.39. The van der Waals surface area contributed by atoms with Crippen molar-refractivity contribution in [3.05, 3.63) is 77.7 Å². The van der Waals surface area contributed by atoms with E-state index in [1.807, 2.05) is 24.4 Å². The highest BCUT2D eigenvalue weighted by molar-refractivity contribution is 5.79. The molecule has 6 nitrogen and oxygen atoms in total. The molecule has 0 spiro atoms. The molecule has 1 aliphatic carbocycles. The monoisotopic (exact) mass is 360 g/mol. The molecule has 0 bridgehead atoms. The Labute approximate surface area is 159 Å². The standard InChI is InChI=1S/C21H24N6/c1-22-21(25-15-18-8-7-17-5-2-3-6-19(17)18)24-14-16-9-11-23-20(13-16)27-12-4-10-26-27/h2-6,9-13,18H,7-8,14-15H2,1H3,(H2,22,24,25). The fourth-order valence-corrected chi connectivity index (χ4v) is 3.58. The first kappa shape index (κ1) is 17.3. The minimum Gasteiger partial charge on any atom is -0.356 e. The minimum absolute atomic E-state index is 0.548. The Kier molecular flexibility index (Phi) is 5.14. The van der Waals surface area contributed by atoms with Crippen molar-refractivity contribution in [3.8, 4) is 5.82 Å². The molecule has 3 aromatic rings. The molecule has 0 saturated heterocycles. The van der Waals surface area contributed by atoms with Crippen molar-refractivity contribution >= 4 is 5.96 Å². The van der Waals surface area contributed by atoms with Gasteiger partial charge in [0.15, 0.2) is 11.8 Å². The molecule has 1 aromatic carbocycles. The van der Waals surface area contributed by atoms with Gasteiger partial charge < -0.3 is 10.6 Å². The topological polar surface area (TPSA) is 67.1 Å². The molecule has 0 radical (unpaired) electrons. The van der Waals surface area contributed by atoms with Crippen LogP contribution in [0.25, 0.3) is 5.82 Å². The van der Waals surface area contributed by atoms with Crippen molar-refractivity contribution in [1.29, 1.82) is 0 Å². The largest absolute Gasteiger partial charge is 0.356 e. The van der Waals surface area contributed by atoms with E-state index in [2.05, 4.69) is 50.0 Å². The number of guanidine groups is 1. The van der Waals surface area contributed by atoms with Gasteiger partial charge in [-0.05, 0) is 47.7 Å². The highest BCUT2D eigenvalue weighted by Gasteiger charge is 2.21. The first-order valence-corrected chi connectivity index (χ1v) is 9.31. The molecule has 138 valence electrons. The van der Waals surface area contributed by atoms with E-state index in [1.165, 1.54) is 24.0 Å². The second-order valence-corrected chi connectivity index (χ2v) is 6.71. The van der Waals surface area contributed by atoms with Crippen LogP contribution in [0.1, 0.15) is 29.0 Å². The summed E-state index contributed by atoms with van der Waals surface area (Å²) in [6, 6.07) is 14.7. The van der Waals surface area contributed by atoms with Gasteiger partial charge in [0.25, 0.3) is 0 Å². The lowest BCUT2D eigenvalue weighted by atomic mass is 10.0. The van der Waals surface area contributed by atoms with Crippen molar-refractivity contribution in [2.45, 2.75) is 25.3 Å². The van der Waals surface area contributed by atoms with E-state index < -0.39 is 0 Å². The first-order valence-electron chi connectivity index (χ1n) is 9.31. The van der Waals surface area contributed by atoms with Crippen LogP contribution in [0.3, 0.4) is 0 Å². The fraction of sp³-hybridized carbons (Fsp3) is 0.286. The van der Waals surface area contributed by atoms with Gasteiger partial charge in [-0.25, -0.2) is 9.67 Å². The van der Waals surface area contributed by atoms with E-state index in [0.717, 1.165) is 23.9 Å². The number of benzene rings is 1. The summed E-state index contributed by atoms with van der Waals surface area (Å²) in [5, 5.41) is 11.1. The van der Waals surface area contributed by atoms with E-state index >= 15 is 0 Å².